The van der Waals surface area contributed by atoms with Crippen LogP contribution in [0.5, 0.6) is 0 Å². The summed E-state index contributed by atoms with van der Waals surface area (Å²) < 4.78 is 0. The zero-order chi connectivity index (χ0) is 8.39. The second-order valence-corrected chi connectivity index (χ2v) is 4.66. The minimum absolute atomic E-state index is 0.855. The zero-order valence-electron chi connectivity index (χ0n) is 8.18. The Hall–Kier alpha value is -0.0400. The predicted octanol–water partition coefficient (Wildman–Crippen LogP) is 2.71. The molecule has 0 aromatic rings. The summed E-state index contributed by atoms with van der Waals surface area (Å²) in [6.45, 7) is 2.40. The fourth-order valence-corrected chi connectivity index (χ4v) is 2.79. The monoisotopic (exact) mass is 167 g/mol. The molecule has 2 fully saturated rings. The highest BCUT2D eigenvalue weighted by Crippen LogP contribution is 2.27. The smallest absolute Gasteiger partial charge is 0.00952 e. The molecule has 0 unspecified atom stereocenters. The fraction of sp³-hybridized carbons (Fsp3) is 1.00. The van der Waals surface area contributed by atoms with Crippen LogP contribution in [0, 0.1) is 5.92 Å². The van der Waals surface area contributed by atoms with Crippen LogP contribution in [0.25, 0.3) is 0 Å². The van der Waals surface area contributed by atoms with Crippen molar-refractivity contribution >= 4 is 0 Å². The summed E-state index contributed by atoms with van der Waals surface area (Å²) in [5, 5.41) is 3.83. The normalized spacial score (nSPS) is 37.8. The Labute approximate surface area is 75.9 Å². The first-order valence-electron chi connectivity index (χ1n) is 5.62. The molecule has 70 valence electrons. The number of hydrogen-bond acceptors (Lipinski definition) is 1. The fourth-order valence-electron chi connectivity index (χ4n) is 2.79. The molecule has 12 heavy (non-hydrogen) atoms. The molecule has 0 radical (unpaired) electrons. The molecule has 1 N–H and O–H groups in total. The number of hydrogen-bond donors (Lipinski definition) is 1. The van der Waals surface area contributed by atoms with E-state index in [2.05, 4.69) is 12.2 Å². The lowest BCUT2D eigenvalue weighted by molar-refractivity contribution is 0.373. The van der Waals surface area contributed by atoms with Crippen LogP contribution >= 0.6 is 0 Å². The van der Waals surface area contributed by atoms with E-state index in [1.807, 2.05) is 0 Å². The minimum Gasteiger partial charge on any atom is -0.311 e. The Balaban J connectivity index is 1.77. The summed E-state index contributed by atoms with van der Waals surface area (Å²) in [7, 11) is 0. The molecule has 0 spiro atoms. The molecule has 0 bridgehead atoms. The highest BCUT2D eigenvalue weighted by Gasteiger charge is 2.26. The molecule has 0 amide bonds. The van der Waals surface area contributed by atoms with Gasteiger partial charge in [0.1, 0.15) is 0 Å². The quantitative estimate of drug-likeness (QED) is 0.667. The van der Waals surface area contributed by atoms with Crippen LogP contribution in [0.1, 0.15) is 51.9 Å². The Morgan fingerprint density at radius 1 is 0.917 bits per heavy atom. The molecule has 2 aliphatic rings. The SMILES string of the molecule is C[C@@H]1CCC[C@H]1NC1CCCC1. The van der Waals surface area contributed by atoms with E-state index >= 15 is 0 Å². The molecule has 2 atom stereocenters. The van der Waals surface area contributed by atoms with Crippen LogP contribution in [0.15, 0.2) is 0 Å². The molecule has 1 nitrogen and oxygen atoms in total. The van der Waals surface area contributed by atoms with E-state index in [1.54, 1.807) is 0 Å². The van der Waals surface area contributed by atoms with Gasteiger partial charge in [-0.1, -0.05) is 26.2 Å². The molecular formula is C11H21N. The highest BCUT2D eigenvalue weighted by molar-refractivity contribution is 4.85. The van der Waals surface area contributed by atoms with Gasteiger partial charge in [0.15, 0.2) is 0 Å². The first-order valence-corrected chi connectivity index (χ1v) is 5.62. The molecule has 0 aromatic heterocycles. The summed E-state index contributed by atoms with van der Waals surface area (Å²) in [6, 6.07) is 1.73. The van der Waals surface area contributed by atoms with Crippen molar-refractivity contribution in [2.45, 2.75) is 64.0 Å². The van der Waals surface area contributed by atoms with Crippen molar-refractivity contribution in [2.75, 3.05) is 0 Å². The van der Waals surface area contributed by atoms with E-state index in [0.29, 0.717) is 0 Å². The van der Waals surface area contributed by atoms with Gasteiger partial charge in [-0.15, -0.1) is 0 Å². The molecular weight excluding hydrogens is 146 g/mol. The highest BCUT2D eigenvalue weighted by atomic mass is 15.0. The van der Waals surface area contributed by atoms with Gasteiger partial charge in [-0.3, -0.25) is 0 Å². The third-order valence-corrected chi connectivity index (χ3v) is 3.67. The van der Waals surface area contributed by atoms with Gasteiger partial charge in [0, 0.05) is 12.1 Å². The van der Waals surface area contributed by atoms with Crippen LogP contribution in [0.2, 0.25) is 0 Å². The maximum Gasteiger partial charge on any atom is 0.00952 e. The average molecular weight is 167 g/mol. The Kier molecular flexibility index (Phi) is 2.69. The van der Waals surface area contributed by atoms with Crippen molar-refractivity contribution in [3.8, 4) is 0 Å². The summed E-state index contributed by atoms with van der Waals surface area (Å²) in [5.41, 5.74) is 0. The van der Waals surface area contributed by atoms with Crippen LogP contribution in [0.3, 0.4) is 0 Å². The molecule has 2 saturated carbocycles. The number of rotatable bonds is 2. The standard InChI is InChI=1S/C11H21N/c1-9-5-4-8-11(9)12-10-6-2-3-7-10/h9-12H,2-8H2,1H3/t9-,11-/m1/s1. The number of nitrogens with one attached hydrogen (secondary N) is 1. The van der Waals surface area contributed by atoms with Crippen molar-refractivity contribution in [1.82, 2.24) is 5.32 Å². The molecule has 0 aliphatic heterocycles. The van der Waals surface area contributed by atoms with Crippen molar-refractivity contribution in [1.29, 1.82) is 0 Å². The van der Waals surface area contributed by atoms with E-state index in [9.17, 15) is 0 Å². The molecule has 2 rings (SSSR count). The maximum absolute atomic E-state index is 3.83. The van der Waals surface area contributed by atoms with Crippen molar-refractivity contribution in [3.63, 3.8) is 0 Å². The van der Waals surface area contributed by atoms with E-state index in [4.69, 9.17) is 0 Å². The summed E-state index contributed by atoms with van der Waals surface area (Å²) >= 11 is 0. The second kappa shape index (κ2) is 3.78. The third-order valence-electron chi connectivity index (χ3n) is 3.67. The molecule has 1 heteroatoms. The minimum atomic E-state index is 0.855. The summed E-state index contributed by atoms with van der Waals surface area (Å²) in [4.78, 5) is 0. The van der Waals surface area contributed by atoms with Crippen molar-refractivity contribution in [2.24, 2.45) is 5.92 Å². The first-order chi connectivity index (χ1) is 5.86. The zero-order valence-corrected chi connectivity index (χ0v) is 8.18. The van der Waals surface area contributed by atoms with E-state index in [1.165, 1.54) is 44.9 Å². The van der Waals surface area contributed by atoms with Crippen LogP contribution in [0.4, 0.5) is 0 Å². The van der Waals surface area contributed by atoms with E-state index in [-0.39, 0.29) is 0 Å². The van der Waals surface area contributed by atoms with E-state index < -0.39 is 0 Å². The van der Waals surface area contributed by atoms with Crippen molar-refractivity contribution < 1.29 is 0 Å². The van der Waals surface area contributed by atoms with Crippen molar-refractivity contribution in [3.05, 3.63) is 0 Å². The largest absolute Gasteiger partial charge is 0.311 e. The van der Waals surface area contributed by atoms with E-state index in [0.717, 1.165) is 18.0 Å². The molecule has 2 aliphatic carbocycles. The van der Waals surface area contributed by atoms with Gasteiger partial charge < -0.3 is 5.32 Å². The van der Waals surface area contributed by atoms with Gasteiger partial charge in [-0.25, -0.2) is 0 Å². The lowest BCUT2D eigenvalue weighted by Crippen LogP contribution is -2.38. The lowest BCUT2D eigenvalue weighted by Gasteiger charge is -2.22. The second-order valence-electron chi connectivity index (χ2n) is 4.66. The topological polar surface area (TPSA) is 12.0 Å². The molecule has 0 aromatic carbocycles. The van der Waals surface area contributed by atoms with Crippen LogP contribution in [-0.2, 0) is 0 Å². The van der Waals surface area contributed by atoms with Gasteiger partial charge in [-0.2, -0.15) is 0 Å². The van der Waals surface area contributed by atoms with Crippen LogP contribution < -0.4 is 5.32 Å². The van der Waals surface area contributed by atoms with Gasteiger partial charge in [0.2, 0.25) is 0 Å². The first kappa shape index (κ1) is 8.55. The van der Waals surface area contributed by atoms with Crippen LogP contribution in [-0.4, -0.2) is 12.1 Å². The predicted molar refractivity (Wildman–Crippen MR) is 52.2 cm³/mol. The summed E-state index contributed by atoms with van der Waals surface area (Å²) in [6.07, 6.45) is 10.1. The third kappa shape index (κ3) is 1.82. The molecule has 0 heterocycles. The van der Waals surface area contributed by atoms with Gasteiger partial charge in [-0.05, 0) is 31.6 Å². The van der Waals surface area contributed by atoms with Gasteiger partial charge in [0.25, 0.3) is 0 Å². The maximum atomic E-state index is 3.83. The van der Waals surface area contributed by atoms with Gasteiger partial charge >= 0.3 is 0 Å². The lowest BCUT2D eigenvalue weighted by atomic mass is 10.1. The Bertz CT molecular complexity index is 138. The van der Waals surface area contributed by atoms with Gasteiger partial charge in [0.05, 0.1) is 0 Å². The Morgan fingerprint density at radius 2 is 1.67 bits per heavy atom. The Morgan fingerprint density at radius 3 is 2.25 bits per heavy atom. The average Bonchev–Trinajstić information content (AvgIpc) is 2.65. The summed E-state index contributed by atoms with van der Waals surface area (Å²) in [5.74, 6) is 0.936. The molecule has 0 saturated heterocycles.